The highest BCUT2D eigenvalue weighted by Crippen LogP contribution is 2.23. The minimum atomic E-state index is -3.29. The fourth-order valence-corrected chi connectivity index (χ4v) is 4.18. The Morgan fingerprint density at radius 1 is 1.04 bits per heavy atom. The first-order valence-electron chi connectivity index (χ1n) is 8.71. The van der Waals surface area contributed by atoms with Gasteiger partial charge < -0.3 is 5.32 Å². The van der Waals surface area contributed by atoms with Crippen molar-refractivity contribution in [2.45, 2.75) is 18.7 Å². The average Bonchev–Trinajstić information content (AvgIpc) is 3.16. The normalized spacial score (nSPS) is 11.3. The molecule has 1 amide bonds. The third kappa shape index (κ3) is 5.72. The number of carbonyl (C=O) groups is 1. The van der Waals surface area contributed by atoms with E-state index in [4.69, 9.17) is 0 Å². The van der Waals surface area contributed by atoms with Crippen molar-refractivity contribution in [1.29, 1.82) is 0 Å². The molecule has 1 aromatic heterocycles. The maximum absolute atomic E-state index is 12.2. The van der Waals surface area contributed by atoms with E-state index >= 15 is 0 Å². The Kier molecular flexibility index (Phi) is 6.56. The lowest BCUT2D eigenvalue weighted by Crippen LogP contribution is -2.24. The van der Waals surface area contributed by atoms with Crippen molar-refractivity contribution in [2.75, 3.05) is 7.05 Å². The number of hydrogen-bond donors (Lipinski definition) is 2. The number of carbonyl (C=O) groups excluding carboxylic acids is 1. The number of sulfonamides is 1. The van der Waals surface area contributed by atoms with Gasteiger partial charge in [-0.05, 0) is 18.2 Å². The number of nitrogens with one attached hydrogen (secondary N) is 2. The van der Waals surface area contributed by atoms with Crippen LogP contribution in [-0.4, -0.2) is 26.4 Å². The van der Waals surface area contributed by atoms with Gasteiger partial charge in [0.05, 0.1) is 17.9 Å². The number of rotatable bonds is 8. The molecule has 0 unspecified atom stereocenters. The van der Waals surface area contributed by atoms with E-state index in [1.165, 1.54) is 18.4 Å². The van der Waals surface area contributed by atoms with Crippen LogP contribution < -0.4 is 10.0 Å². The molecular weight excluding hydrogens is 394 g/mol. The van der Waals surface area contributed by atoms with Gasteiger partial charge in [-0.3, -0.25) is 4.79 Å². The topological polar surface area (TPSA) is 88.2 Å². The van der Waals surface area contributed by atoms with E-state index in [2.05, 4.69) is 15.0 Å². The second-order valence-electron chi connectivity index (χ2n) is 6.24. The Morgan fingerprint density at radius 3 is 2.39 bits per heavy atom. The molecule has 0 aliphatic carbocycles. The summed E-state index contributed by atoms with van der Waals surface area (Å²) in [6.45, 7) is 0.383. The fourth-order valence-electron chi connectivity index (χ4n) is 2.57. The molecule has 0 atom stereocenters. The molecule has 3 aromatic rings. The quantitative estimate of drug-likeness (QED) is 0.592. The monoisotopic (exact) mass is 415 g/mol. The summed E-state index contributed by atoms with van der Waals surface area (Å²) in [5, 5.41) is 5.67. The van der Waals surface area contributed by atoms with Crippen LogP contribution in [0.3, 0.4) is 0 Å². The number of benzene rings is 2. The number of thiazole rings is 1. The van der Waals surface area contributed by atoms with Crippen LogP contribution in [0.15, 0.2) is 60.0 Å². The molecule has 0 bridgehead atoms. The van der Waals surface area contributed by atoms with Gasteiger partial charge in [-0.25, -0.2) is 18.1 Å². The maximum Gasteiger partial charge on any atom is 0.226 e. The molecule has 0 aliphatic rings. The Morgan fingerprint density at radius 2 is 1.71 bits per heavy atom. The zero-order chi connectivity index (χ0) is 20.0. The largest absolute Gasteiger partial charge is 0.352 e. The predicted octanol–water partition coefficient (Wildman–Crippen LogP) is 2.72. The van der Waals surface area contributed by atoms with Crippen LogP contribution >= 0.6 is 11.3 Å². The molecule has 146 valence electrons. The molecule has 2 aromatic carbocycles. The smallest absolute Gasteiger partial charge is 0.226 e. The summed E-state index contributed by atoms with van der Waals surface area (Å²) in [4.78, 5) is 16.7. The van der Waals surface area contributed by atoms with Gasteiger partial charge in [0.25, 0.3) is 0 Å². The van der Waals surface area contributed by atoms with E-state index in [0.29, 0.717) is 12.1 Å². The van der Waals surface area contributed by atoms with Crippen molar-refractivity contribution >= 4 is 27.3 Å². The lowest BCUT2D eigenvalue weighted by atomic mass is 10.1. The zero-order valence-corrected chi connectivity index (χ0v) is 17.0. The summed E-state index contributed by atoms with van der Waals surface area (Å²) in [7, 11) is -1.90. The van der Waals surface area contributed by atoms with Gasteiger partial charge in [0.1, 0.15) is 5.01 Å². The first-order chi connectivity index (χ1) is 13.4. The molecule has 8 heteroatoms. The third-order valence-electron chi connectivity index (χ3n) is 4.09. The van der Waals surface area contributed by atoms with E-state index in [1.54, 1.807) is 12.1 Å². The molecule has 0 aliphatic heterocycles. The highest BCUT2D eigenvalue weighted by atomic mass is 32.2. The highest BCUT2D eigenvalue weighted by molar-refractivity contribution is 7.88. The Hall–Kier alpha value is -2.55. The molecule has 0 radical (unpaired) electrons. The molecule has 0 saturated carbocycles. The van der Waals surface area contributed by atoms with Gasteiger partial charge in [-0.15, -0.1) is 11.3 Å². The lowest BCUT2D eigenvalue weighted by Gasteiger charge is -2.06. The van der Waals surface area contributed by atoms with Crippen LogP contribution in [0.5, 0.6) is 0 Å². The number of aromatic nitrogens is 1. The van der Waals surface area contributed by atoms with Gasteiger partial charge in [0.2, 0.25) is 15.9 Å². The summed E-state index contributed by atoms with van der Waals surface area (Å²) in [6.07, 6.45) is 0.224. The zero-order valence-electron chi connectivity index (χ0n) is 15.4. The van der Waals surface area contributed by atoms with Crippen LogP contribution in [0.4, 0.5) is 0 Å². The second kappa shape index (κ2) is 9.09. The summed E-state index contributed by atoms with van der Waals surface area (Å²) in [5.74, 6) is -0.171. The highest BCUT2D eigenvalue weighted by Gasteiger charge is 2.10. The molecule has 2 N–H and O–H groups in total. The molecule has 0 saturated heterocycles. The van der Waals surface area contributed by atoms with E-state index in [-0.39, 0.29) is 18.1 Å². The van der Waals surface area contributed by atoms with E-state index in [9.17, 15) is 13.2 Å². The molecule has 0 fully saturated rings. The fraction of sp³-hybridized carbons (Fsp3) is 0.200. The molecule has 6 nitrogen and oxygen atoms in total. The van der Waals surface area contributed by atoms with Crippen LogP contribution in [-0.2, 0) is 33.5 Å². The predicted molar refractivity (Wildman–Crippen MR) is 111 cm³/mol. The molecule has 28 heavy (non-hydrogen) atoms. The standard InChI is InChI=1S/C20H21N3O3S2/c1-21-28(25,26)14-16-9-7-15(8-10-16)12-22-19(24)11-18-13-27-20(23-18)17-5-3-2-4-6-17/h2-10,13,21H,11-12,14H2,1H3,(H,22,24). The molecule has 1 heterocycles. The van der Waals surface area contributed by atoms with Crippen molar-refractivity contribution in [3.8, 4) is 10.6 Å². The Balaban J connectivity index is 1.51. The van der Waals surface area contributed by atoms with E-state index in [1.807, 2.05) is 47.8 Å². The van der Waals surface area contributed by atoms with Crippen molar-refractivity contribution in [3.63, 3.8) is 0 Å². The molecule has 0 spiro atoms. The number of nitrogens with zero attached hydrogens (tertiary/aromatic N) is 1. The minimum absolute atomic E-state index is 0.0658. The third-order valence-corrected chi connectivity index (χ3v) is 6.37. The van der Waals surface area contributed by atoms with Gasteiger partial charge in [0.15, 0.2) is 0 Å². The van der Waals surface area contributed by atoms with Gasteiger partial charge in [-0.2, -0.15) is 0 Å². The van der Waals surface area contributed by atoms with Crippen molar-refractivity contribution in [3.05, 3.63) is 76.8 Å². The Bertz CT molecular complexity index is 1030. The summed E-state index contributed by atoms with van der Waals surface area (Å²) < 4.78 is 25.4. The van der Waals surface area contributed by atoms with E-state index in [0.717, 1.165) is 21.8 Å². The van der Waals surface area contributed by atoms with Gasteiger partial charge in [-0.1, -0.05) is 54.6 Å². The number of hydrogen-bond acceptors (Lipinski definition) is 5. The number of amides is 1. The van der Waals surface area contributed by atoms with Crippen molar-refractivity contribution in [1.82, 2.24) is 15.0 Å². The van der Waals surface area contributed by atoms with Crippen LogP contribution in [0, 0.1) is 0 Å². The molecular formula is C20H21N3O3S2. The van der Waals surface area contributed by atoms with Crippen LogP contribution in [0.1, 0.15) is 16.8 Å². The SMILES string of the molecule is CNS(=O)(=O)Cc1ccc(CNC(=O)Cc2csc(-c3ccccc3)n2)cc1. The van der Waals surface area contributed by atoms with Gasteiger partial charge in [0, 0.05) is 17.5 Å². The minimum Gasteiger partial charge on any atom is -0.352 e. The first kappa shape index (κ1) is 20.2. The first-order valence-corrected chi connectivity index (χ1v) is 11.2. The van der Waals surface area contributed by atoms with Gasteiger partial charge >= 0.3 is 0 Å². The average molecular weight is 416 g/mol. The van der Waals surface area contributed by atoms with Crippen molar-refractivity contribution < 1.29 is 13.2 Å². The summed E-state index contributed by atoms with van der Waals surface area (Å²) in [5.41, 5.74) is 3.39. The second-order valence-corrected chi connectivity index (χ2v) is 9.03. The summed E-state index contributed by atoms with van der Waals surface area (Å²) in [6, 6.07) is 17.0. The lowest BCUT2D eigenvalue weighted by molar-refractivity contribution is -0.120. The van der Waals surface area contributed by atoms with Crippen molar-refractivity contribution in [2.24, 2.45) is 0 Å². The van der Waals surface area contributed by atoms with Crippen LogP contribution in [0.25, 0.3) is 10.6 Å². The van der Waals surface area contributed by atoms with E-state index < -0.39 is 10.0 Å². The Labute approximate surface area is 168 Å². The van der Waals surface area contributed by atoms with Crippen LogP contribution in [0.2, 0.25) is 0 Å². The molecule has 3 rings (SSSR count). The maximum atomic E-state index is 12.2. The summed E-state index contributed by atoms with van der Waals surface area (Å²) >= 11 is 1.52.